The first-order valence-corrected chi connectivity index (χ1v) is 2.28. The number of carbonyl (C=O) groups is 1. The molecule has 0 aliphatic heterocycles. The third kappa shape index (κ3) is 8.27. The fourth-order valence-electron chi connectivity index (χ4n) is 0.253. The maximum atomic E-state index is 10.4. The van der Waals surface area contributed by atoms with Crippen molar-refractivity contribution in [2.75, 3.05) is 0 Å². The zero-order valence-electron chi connectivity index (χ0n) is 6.64. The Labute approximate surface area is 146 Å². The number of allylic oxidation sites excluding steroid dienone is 1. The maximum Gasteiger partial charge on any atom is 1.00 e. The van der Waals surface area contributed by atoms with Gasteiger partial charge in [0, 0.05) is 0 Å². The Kier molecular flexibility index (Phi) is 20.2. The van der Waals surface area contributed by atoms with Crippen molar-refractivity contribution < 1.29 is 108 Å². The van der Waals surface area contributed by atoms with Gasteiger partial charge in [0.25, 0.3) is 0 Å². The van der Waals surface area contributed by atoms with E-state index in [-0.39, 0.29) is 114 Å². The van der Waals surface area contributed by atoms with E-state index >= 15 is 0 Å². The van der Waals surface area contributed by atoms with Gasteiger partial charge in [0.1, 0.15) is 0 Å². The second kappa shape index (κ2) is 11.2. The minimum absolute atomic E-state index is 0. The summed E-state index contributed by atoms with van der Waals surface area (Å²) in [5.41, 5.74) is -0.201. The Morgan fingerprint density at radius 1 is 1.60 bits per heavy atom. The van der Waals surface area contributed by atoms with Gasteiger partial charge >= 0.3 is 103 Å². The molecule has 0 amide bonds. The van der Waals surface area contributed by atoms with Crippen molar-refractivity contribution in [2.45, 2.75) is 13.3 Å². The molecular formula is C6H6K2NO+. The average molecular weight is 186 g/mol. The van der Waals surface area contributed by atoms with Crippen molar-refractivity contribution in [1.82, 2.24) is 0 Å². The largest absolute Gasteiger partial charge is 1.00 e. The molecule has 0 rings (SSSR count). The molecule has 4 heteroatoms. The van der Waals surface area contributed by atoms with E-state index < -0.39 is 0 Å². The third-order valence-electron chi connectivity index (χ3n) is 0.742. The molecule has 42 valence electrons. The van der Waals surface area contributed by atoms with Gasteiger partial charge in [0.05, 0.1) is 5.78 Å². The average Bonchev–Trinajstić information content (AvgIpc) is 1.84. The van der Waals surface area contributed by atoms with Crippen molar-refractivity contribution in [3.63, 3.8) is 0 Å². The van der Waals surface area contributed by atoms with Crippen LogP contribution in [0.2, 0.25) is 0 Å². The molecule has 0 atom stereocenters. The first-order valence-electron chi connectivity index (χ1n) is 2.28. The first kappa shape index (κ1) is 18.1. The molecule has 0 aromatic rings. The van der Waals surface area contributed by atoms with E-state index in [0.717, 1.165) is 0 Å². The van der Waals surface area contributed by atoms with Crippen molar-refractivity contribution in [3.8, 4) is 6.07 Å². The molecule has 0 aliphatic carbocycles. The fraction of sp³-hybridized carbons (Fsp3) is 0.333. The second-order valence-electron chi connectivity index (χ2n) is 1.30. The van der Waals surface area contributed by atoms with Crippen LogP contribution in [0, 0.1) is 17.9 Å². The zero-order valence-corrected chi connectivity index (χ0v) is 12.9. The van der Waals surface area contributed by atoms with Crippen LogP contribution in [-0.4, -0.2) is 5.78 Å². The molecule has 0 bridgehead atoms. The number of Topliss-reactive ketones (excluding diaryl/α,β-unsaturated/α-hetero) is 1. The van der Waals surface area contributed by atoms with Crippen LogP contribution in [-0.2, 0) is 4.79 Å². The van der Waals surface area contributed by atoms with Gasteiger partial charge in [0.15, 0.2) is 0 Å². The molecule has 0 radical (unpaired) electrons. The van der Waals surface area contributed by atoms with Crippen LogP contribution in [0.25, 0.3) is 0 Å². The molecule has 0 spiro atoms. The van der Waals surface area contributed by atoms with E-state index in [4.69, 9.17) is 11.8 Å². The minimum Gasteiger partial charge on any atom is -0.370 e. The summed E-state index contributed by atoms with van der Waals surface area (Å²) in [6.07, 6.45) is 0.305. The standard InChI is InChI=1S/C6H6NO.2K/c1-3-6(8)5(2)4-7;;/h2H,3H2,1H3;;/q-1;2*+1. The number of carbonyl (C=O) groups excluding carboxylic acids is 1. The number of ketones is 1. The molecular weight excluding hydrogens is 180 g/mol. The van der Waals surface area contributed by atoms with Gasteiger partial charge in [0.2, 0.25) is 0 Å². The summed E-state index contributed by atoms with van der Waals surface area (Å²) in [5.74, 6) is -0.285. The number of nitrogens with zero attached hydrogens (tertiary/aromatic N) is 1. The normalized spacial score (nSPS) is 6.00. The third-order valence-corrected chi connectivity index (χ3v) is 0.742. The van der Waals surface area contributed by atoms with Crippen LogP contribution >= 0.6 is 0 Å². The van der Waals surface area contributed by atoms with Crippen LogP contribution in [0.15, 0.2) is 5.57 Å². The molecule has 0 aromatic heterocycles. The van der Waals surface area contributed by atoms with Crippen LogP contribution < -0.4 is 103 Å². The first-order chi connectivity index (χ1) is 3.72. The smallest absolute Gasteiger partial charge is 0.370 e. The zero-order chi connectivity index (χ0) is 6.57. The molecule has 0 saturated carbocycles. The molecule has 0 saturated heterocycles. The summed E-state index contributed by atoms with van der Waals surface area (Å²) < 4.78 is 0. The molecule has 0 aromatic carbocycles. The summed E-state index contributed by atoms with van der Waals surface area (Å²) in [4.78, 5) is 10.4. The number of nitriles is 1. The Balaban J connectivity index is -0.000000245. The fourth-order valence-corrected chi connectivity index (χ4v) is 0.253. The maximum absolute atomic E-state index is 10.4. The number of hydrogen-bond acceptors (Lipinski definition) is 2. The van der Waals surface area contributed by atoms with Crippen LogP contribution in [0.4, 0.5) is 0 Å². The van der Waals surface area contributed by atoms with Gasteiger partial charge in [-0.2, -0.15) is 0 Å². The van der Waals surface area contributed by atoms with E-state index in [1.807, 2.05) is 0 Å². The van der Waals surface area contributed by atoms with Crippen molar-refractivity contribution in [3.05, 3.63) is 12.2 Å². The second-order valence-corrected chi connectivity index (χ2v) is 1.30. The molecule has 0 aliphatic rings. The number of rotatable bonds is 2. The van der Waals surface area contributed by atoms with Crippen LogP contribution in [0.1, 0.15) is 13.3 Å². The van der Waals surface area contributed by atoms with Gasteiger partial charge in [-0.05, 0) is 6.42 Å². The van der Waals surface area contributed by atoms with Gasteiger partial charge in [-0.1, -0.05) is 18.6 Å². The van der Waals surface area contributed by atoms with E-state index in [1.165, 1.54) is 0 Å². The Hall–Kier alpha value is 2.17. The van der Waals surface area contributed by atoms with Gasteiger partial charge in [-0.15, -0.1) is 0 Å². The van der Waals surface area contributed by atoms with Crippen molar-refractivity contribution in [1.29, 1.82) is 5.26 Å². The summed E-state index contributed by atoms with van der Waals surface area (Å²) in [6.45, 7) is 6.59. The van der Waals surface area contributed by atoms with E-state index in [9.17, 15) is 4.79 Å². The summed E-state index contributed by atoms with van der Waals surface area (Å²) >= 11 is 0. The summed E-state index contributed by atoms with van der Waals surface area (Å²) in [6, 6.07) is 1.56. The predicted octanol–water partition coefficient (Wildman–Crippen LogP) is -5.14. The van der Waals surface area contributed by atoms with E-state index in [2.05, 4.69) is 0 Å². The topological polar surface area (TPSA) is 40.9 Å². The monoisotopic (exact) mass is 186 g/mol. The van der Waals surface area contributed by atoms with Crippen molar-refractivity contribution in [2.24, 2.45) is 0 Å². The Bertz CT molecular complexity index is 160. The van der Waals surface area contributed by atoms with Gasteiger partial charge in [-0.25, -0.2) is 6.58 Å². The van der Waals surface area contributed by atoms with Gasteiger partial charge < -0.3 is 4.79 Å². The van der Waals surface area contributed by atoms with Crippen LogP contribution in [0.3, 0.4) is 0 Å². The Morgan fingerprint density at radius 3 is 2.10 bits per heavy atom. The molecule has 2 nitrogen and oxygen atoms in total. The Morgan fingerprint density at radius 2 is 2.00 bits per heavy atom. The molecule has 0 N–H and O–H groups in total. The molecule has 10 heavy (non-hydrogen) atoms. The van der Waals surface area contributed by atoms with E-state index in [1.54, 1.807) is 13.0 Å². The molecule has 0 heterocycles. The summed E-state index contributed by atoms with van der Waals surface area (Å²) in [7, 11) is 0. The SMILES string of the molecule is [CH-]=C(C#N)C(=O)CC.[K+].[K+]. The van der Waals surface area contributed by atoms with Crippen LogP contribution in [0.5, 0.6) is 0 Å². The quantitative estimate of drug-likeness (QED) is 0.187. The number of hydrogen-bond donors (Lipinski definition) is 0. The minimum atomic E-state index is -0.285. The van der Waals surface area contributed by atoms with Gasteiger partial charge in [-0.3, -0.25) is 5.26 Å². The summed E-state index contributed by atoms with van der Waals surface area (Å²) in [5, 5.41) is 8.00. The molecule has 0 unspecified atom stereocenters. The predicted molar refractivity (Wildman–Crippen MR) is 28.7 cm³/mol. The van der Waals surface area contributed by atoms with Crippen molar-refractivity contribution >= 4 is 5.78 Å². The van der Waals surface area contributed by atoms with E-state index in [0.29, 0.717) is 6.42 Å². The molecule has 0 fully saturated rings.